The van der Waals surface area contributed by atoms with E-state index in [1.165, 1.54) is 7.11 Å². The third kappa shape index (κ3) is 4.50. The van der Waals surface area contributed by atoms with Crippen molar-refractivity contribution in [2.75, 3.05) is 14.2 Å². The van der Waals surface area contributed by atoms with E-state index in [4.69, 9.17) is 32.5 Å². The summed E-state index contributed by atoms with van der Waals surface area (Å²) in [7, 11) is 3.15. The van der Waals surface area contributed by atoms with E-state index < -0.39 is 12.0 Å². The van der Waals surface area contributed by atoms with Crippen LogP contribution in [0.25, 0.3) is 11.3 Å². The molecule has 3 aromatic rings. The molecule has 5 nitrogen and oxygen atoms in total. The monoisotopic (exact) mass is 404 g/mol. The van der Waals surface area contributed by atoms with E-state index >= 15 is 0 Å². The normalized spacial score (nSPS) is 12.2. The zero-order chi connectivity index (χ0) is 19.4. The van der Waals surface area contributed by atoms with E-state index in [1.807, 2.05) is 36.4 Å². The number of ether oxygens (including phenoxy) is 1. The van der Waals surface area contributed by atoms with Crippen LogP contribution in [-0.2, 0) is 16.1 Å². The van der Waals surface area contributed by atoms with Crippen LogP contribution >= 0.6 is 23.2 Å². The summed E-state index contributed by atoms with van der Waals surface area (Å²) in [5, 5.41) is 4.91. The summed E-state index contributed by atoms with van der Waals surface area (Å²) < 4.78 is 10.4. The van der Waals surface area contributed by atoms with Gasteiger partial charge in [-0.2, -0.15) is 0 Å². The van der Waals surface area contributed by atoms with Crippen LogP contribution in [0.3, 0.4) is 0 Å². The molecule has 0 amide bonds. The Hall–Kier alpha value is -2.34. The lowest BCUT2D eigenvalue weighted by molar-refractivity contribution is -0.147. The molecule has 27 heavy (non-hydrogen) atoms. The molecule has 0 radical (unpaired) electrons. The van der Waals surface area contributed by atoms with Gasteiger partial charge in [0, 0.05) is 11.6 Å². The maximum atomic E-state index is 12.4. The van der Waals surface area contributed by atoms with E-state index in [1.54, 1.807) is 30.1 Å². The quantitative estimate of drug-likeness (QED) is 0.541. The fourth-order valence-electron chi connectivity index (χ4n) is 2.83. The third-order valence-corrected chi connectivity index (χ3v) is 4.90. The lowest BCUT2D eigenvalue weighted by atomic mass is 10.1. The Morgan fingerprint density at radius 2 is 1.89 bits per heavy atom. The zero-order valence-electron chi connectivity index (χ0n) is 14.9. The highest BCUT2D eigenvalue weighted by molar-refractivity contribution is 6.42. The number of aromatic nitrogens is 1. The van der Waals surface area contributed by atoms with Crippen LogP contribution in [0.4, 0.5) is 0 Å². The summed E-state index contributed by atoms with van der Waals surface area (Å²) in [6.45, 7) is 0.361. The summed E-state index contributed by atoms with van der Waals surface area (Å²) in [5.74, 6) is 0.226. The van der Waals surface area contributed by atoms with Gasteiger partial charge in [-0.1, -0.05) is 64.8 Å². The van der Waals surface area contributed by atoms with Gasteiger partial charge in [0.2, 0.25) is 0 Å². The van der Waals surface area contributed by atoms with Gasteiger partial charge in [-0.15, -0.1) is 0 Å². The van der Waals surface area contributed by atoms with Gasteiger partial charge in [0.05, 0.1) is 23.7 Å². The SMILES string of the molecule is COC(=O)C(c1ccc(Cl)c(Cl)c1)N(C)Cc1cc(-c2ccccc2)no1. The first-order valence-electron chi connectivity index (χ1n) is 8.23. The molecule has 0 saturated carbocycles. The first kappa shape index (κ1) is 19.4. The second-order valence-corrected chi connectivity index (χ2v) is 6.87. The van der Waals surface area contributed by atoms with Gasteiger partial charge in [0.25, 0.3) is 0 Å². The molecule has 1 aromatic heterocycles. The number of carbonyl (C=O) groups is 1. The van der Waals surface area contributed by atoms with Crippen molar-refractivity contribution in [2.24, 2.45) is 0 Å². The average Bonchev–Trinajstić information content (AvgIpc) is 3.13. The molecule has 1 heterocycles. The molecule has 1 unspecified atom stereocenters. The summed E-state index contributed by atoms with van der Waals surface area (Å²) in [5.41, 5.74) is 2.38. The number of likely N-dealkylation sites (N-methyl/N-ethyl adjacent to an activating group) is 1. The second kappa shape index (κ2) is 8.57. The average molecular weight is 405 g/mol. The largest absolute Gasteiger partial charge is 0.468 e. The molecule has 0 aliphatic rings. The van der Waals surface area contributed by atoms with Crippen molar-refractivity contribution >= 4 is 29.2 Å². The molecule has 0 spiro atoms. The zero-order valence-corrected chi connectivity index (χ0v) is 16.4. The number of hydrogen-bond donors (Lipinski definition) is 0. The molecular weight excluding hydrogens is 387 g/mol. The molecular formula is C20H18Cl2N2O3. The number of esters is 1. The molecule has 2 aromatic carbocycles. The van der Waals surface area contributed by atoms with E-state index in [9.17, 15) is 4.79 Å². The minimum Gasteiger partial charge on any atom is -0.468 e. The topological polar surface area (TPSA) is 55.6 Å². The maximum absolute atomic E-state index is 12.4. The van der Waals surface area contributed by atoms with Crippen molar-refractivity contribution in [1.29, 1.82) is 0 Å². The molecule has 0 fully saturated rings. The molecule has 7 heteroatoms. The van der Waals surface area contributed by atoms with Crippen molar-refractivity contribution in [3.05, 3.63) is 76.0 Å². The van der Waals surface area contributed by atoms with Crippen LogP contribution in [0.15, 0.2) is 59.1 Å². The molecule has 0 bridgehead atoms. The minimum absolute atomic E-state index is 0.361. The predicted molar refractivity (Wildman–Crippen MR) is 105 cm³/mol. The Morgan fingerprint density at radius 1 is 1.15 bits per heavy atom. The number of nitrogens with zero attached hydrogens (tertiary/aromatic N) is 2. The second-order valence-electron chi connectivity index (χ2n) is 6.06. The standard InChI is InChI=1S/C20H18Cl2N2O3/c1-24(12-15-11-18(23-27-15)13-6-4-3-5-7-13)19(20(25)26-2)14-8-9-16(21)17(22)10-14/h3-11,19H,12H2,1-2H3. The van der Waals surface area contributed by atoms with Gasteiger partial charge in [0.1, 0.15) is 11.7 Å². The van der Waals surface area contributed by atoms with E-state index in [-0.39, 0.29) is 0 Å². The number of methoxy groups -OCH3 is 1. The number of rotatable bonds is 6. The van der Waals surface area contributed by atoms with Crippen LogP contribution in [-0.4, -0.2) is 30.2 Å². The minimum atomic E-state index is -0.657. The van der Waals surface area contributed by atoms with Gasteiger partial charge < -0.3 is 9.26 Å². The smallest absolute Gasteiger partial charge is 0.327 e. The van der Waals surface area contributed by atoms with Crippen LogP contribution in [0.5, 0.6) is 0 Å². The first-order valence-corrected chi connectivity index (χ1v) is 8.99. The predicted octanol–water partition coefficient (Wildman–Crippen LogP) is 4.99. The molecule has 140 valence electrons. The van der Waals surface area contributed by atoms with Crippen LogP contribution < -0.4 is 0 Å². The Kier molecular flexibility index (Phi) is 6.16. The van der Waals surface area contributed by atoms with E-state index in [0.29, 0.717) is 27.9 Å². The highest BCUT2D eigenvalue weighted by Crippen LogP contribution is 2.30. The van der Waals surface area contributed by atoms with E-state index in [2.05, 4.69) is 5.16 Å². The number of benzene rings is 2. The van der Waals surface area contributed by atoms with Crippen LogP contribution in [0, 0.1) is 0 Å². The maximum Gasteiger partial charge on any atom is 0.327 e. The third-order valence-electron chi connectivity index (χ3n) is 4.16. The fourth-order valence-corrected chi connectivity index (χ4v) is 3.14. The molecule has 0 aliphatic heterocycles. The van der Waals surface area contributed by atoms with Gasteiger partial charge >= 0.3 is 5.97 Å². The van der Waals surface area contributed by atoms with Gasteiger partial charge in [-0.25, -0.2) is 4.79 Å². The molecule has 0 saturated heterocycles. The summed E-state index contributed by atoms with van der Waals surface area (Å²) in [6.07, 6.45) is 0. The highest BCUT2D eigenvalue weighted by Gasteiger charge is 2.27. The van der Waals surface area contributed by atoms with E-state index in [0.717, 1.165) is 11.3 Å². The van der Waals surface area contributed by atoms with Crippen molar-refractivity contribution < 1.29 is 14.1 Å². The van der Waals surface area contributed by atoms with Gasteiger partial charge in [0.15, 0.2) is 5.76 Å². The molecule has 1 atom stereocenters. The fraction of sp³-hybridized carbons (Fsp3) is 0.200. The lowest BCUT2D eigenvalue weighted by Crippen LogP contribution is -2.31. The molecule has 3 rings (SSSR count). The van der Waals surface area contributed by atoms with Crippen molar-refractivity contribution in [3.63, 3.8) is 0 Å². The Bertz CT molecular complexity index is 928. The summed E-state index contributed by atoms with van der Waals surface area (Å²) in [6, 6.07) is 16.0. The van der Waals surface area contributed by atoms with Crippen molar-refractivity contribution in [1.82, 2.24) is 10.1 Å². The lowest BCUT2D eigenvalue weighted by Gasteiger charge is -2.25. The Labute approximate surface area is 167 Å². The van der Waals surface area contributed by atoms with Crippen LogP contribution in [0.1, 0.15) is 17.4 Å². The number of halogens is 2. The first-order chi connectivity index (χ1) is 13.0. The Balaban J connectivity index is 1.83. The van der Waals surface area contributed by atoms with Gasteiger partial charge in [-0.05, 0) is 24.7 Å². The van der Waals surface area contributed by atoms with Crippen molar-refractivity contribution in [3.8, 4) is 11.3 Å². The summed E-state index contributed by atoms with van der Waals surface area (Å²) >= 11 is 12.1. The number of hydrogen-bond acceptors (Lipinski definition) is 5. The number of carbonyl (C=O) groups excluding carboxylic acids is 1. The molecule has 0 N–H and O–H groups in total. The molecule has 0 aliphatic carbocycles. The summed E-state index contributed by atoms with van der Waals surface area (Å²) in [4.78, 5) is 14.2. The van der Waals surface area contributed by atoms with Crippen LogP contribution in [0.2, 0.25) is 10.0 Å². The van der Waals surface area contributed by atoms with Gasteiger partial charge in [-0.3, -0.25) is 4.90 Å². The highest BCUT2D eigenvalue weighted by atomic mass is 35.5. The van der Waals surface area contributed by atoms with Crippen molar-refractivity contribution in [2.45, 2.75) is 12.6 Å². The Morgan fingerprint density at radius 3 is 2.56 bits per heavy atom.